The van der Waals surface area contributed by atoms with Gasteiger partial charge in [0.1, 0.15) is 0 Å². The van der Waals surface area contributed by atoms with Crippen molar-refractivity contribution in [1.29, 1.82) is 0 Å². The van der Waals surface area contributed by atoms with Gasteiger partial charge in [0.2, 0.25) is 0 Å². The van der Waals surface area contributed by atoms with Gasteiger partial charge in [-0.05, 0) is 33.0 Å². The third-order valence-electron chi connectivity index (χ3n) is 2.84. The van der Waals surface area contributed by atoms with Gasteiger partial charge in [-0.3, -0.25) is 9.11 Å². The Morgan fingerprint density at radius 1 is 1.36 bits per heavy atom. The summed E-state index contributed by atoms with van der Waals surface area (Å²) < 4.78 is 19.0. The Labute approximate surface area is 88.0 Å². The van der Waals surface area contributed by atoms with Crippen LogP contribution in [0.3, 0.4) is 0 Å². The molecule has 86 valence electrons. The minimum absolute atomic E-state index is 0.119. The lowest BCUT2D eigenvalue weighted by Crippen LogP contribution is -2.40. The van der Waals surface area contributed by atoms with Crippen LogP contribution in [0.4, 0.5) is 0 Å². The molecule has 0 unspecified atom stereocenters. The molecule has 4 nitrogen and oxygen atoms in total. The maximum absolute atomic E-state index is 9.51. The SMILES string of the molecule is CNCCN1CCC(S(C)(O)O)CC1. The molecule has 14 heavy (non-hydrogen) atoms. The van der Waals surface area contributed by atoms with Gasteiger partial charge in [-0.25, -0.2) is 0 Å². The third-order valence-corrected chi connectivity index (χ3v) is 4.58. The second kappa shape index (κ2) is 5.32. The molecule has 0 aromatic rings. The van der Waals surface area contributed by atoms with E-state index in [1.165, 1.54) is 0 Å². The van der Waals surface area contributed by atoms with E-state index >= 15 is 0 Å². The van der Waals surface area contributed by atoms with Gasteiger partial charge in [0.25, 0.3) is 0 Å². The average Bonchev–Trinajstić information content (AvgIpc) is 2.14. The molecule has 1 heterocycles. The molecule has 3 N–H and O–H groups in total. The lowest BCUT2D eigenvalue weighted by atomic mass is 10.1. The number of hydrogen-bond donors (Lipinski definition) is 3. The van der Waals surface area contributed by atoms with Crippen molar-refractivity contribution in [2.45, 2.75) is 18.1 Å². The Bertz CT molecular complexity index is 165. The minimum atomic E-state index is -2.31. The summed E-state index contributed by atoms with van der Waals surface area (Å²) in [6.45, 7) is 4.06. The van der Waals surface area contributed by atoms with Crippen LogP contribution in [-0.4, -0.2) is 58.7 Å². The van der Waals surface area contributed by atoms with Crippen molar-refractivity contribution in [3.63, 3.8) is 0 Å². The van der Waals surface area contributed by atoms with Crippen LogP contribution < -0.4 is 5.32 Å². The van der Waals surface area contributed by atoms with Gasteiger partial charge in [0, 0.05) is 19.3 Å². The first-order chi connectivity index (χ1) is 6.54. The maximum atomic E-state index is 9.51. The molecule has 0 aromatic carbocycles. The number of likely N-dealkylation sites (N-methyl/N-ethyl adjacent to an activating group) is 1. The fourth-order valence-electron chi connectivity index (χ4n) is 1.85. The van der Waals surface area contributed by atoms with Crippen LogP contribution in [0, 0.1) is 0 Å². The third kappa shape index (κ3) is 3.74. The molecule has 1 saturated heterocycles. The fourth-order valence-corrected chi connectivity index (χ4v) is 2.95. The second-order valence-electron chi connectivity index (χ2n) is 4.04. The van der Waals surface area contributed by atoms with E-state index in [2.05, 4.69) is 10.2 Å². The summed E-state index contributed by atoms with van der Waals surface area (Å²) in [4.78, 5) is 2.37. The number of likely N-dealkylation sites (tertiary alicyclic amines) is 1. The van der Waals surface area contributed by atoms with Crippen molar-refractivity contribution >= 4 is 10.6 Å². The Morgan fingerprint density at radius 2 is 1.93 bits per heavy atom. The maximum Gasteiger partial charge on any atom is 0.0506 e. The average molecular weight is 222 g/mol. The second-order valence-corrected chi connectivity index (χ2v) is 6.49. The van der Waals surface area contributed by atoms with Crippen molar-refractivity contribution in [2.24, 2.45) is 0 Å². The van der Waals surface area contributed by atoms with Crippen LogP contribution in [0.2, 0.25) is 0 Å². The smallest absolute Gasteiger partial charge is 0.0506 e. The van der Waals surface area contributed by atoms with Crippen molar-refractivity contribution in [3.05, 3.63) is 0 Å². The Kier molecular flexibility index (Phi) is 4.66. The molecular formula is C9H22N2O2S. The van der Waals surface area contributed by atoms with Gasteiger partial charge in [-0.2, -0.15) is 10.6 Å². The summed E-state index contributed by atoms with van der Waals surface area (Å²) in [7, 11) is -0.358. The molecule has 1 fully saturated rings. The quantitative estimate of drug-likeness (QED) is 0.665. The molecule has 0 aliphatic carbocycles. The van der Waals surface area contributed by atoms with Crippen LogP contribution in [0.5, 0.6) is 0 Å². The van der Waals surface area contributed by atoms with Crippen LogP contribution in [0.1, 0.15) is 12.8 Å². The van der Waals surface area contributed by atoms with Gasteiger partial charge in [0.05, 0.1) is 5.25 Å². The van der Waals surface area contributed by atoms with E-state index in [0.29, 0.717) is 0 Å². The van der Waals surface area contributed by atoms with Crippen LogP contribution in [0.25, 0.3) is 0 Å². The molecule has 1 rings (SSSR count). The Morgan fingerprint density at radius 3 is 2.36 bits per heavy atom. The fraction of sp³-hybridized carbons (Fsp3) is 1.00. The summed E-state index contributed by atoms with van der Waals surface area (Å²) >= 11 is 0. The van der Waals surface area contributed by atoms with E-state index < -0.39 is 10.6 Å². The molecule has 0 spiro atoms. The number of nitrogens with one attached hydrogen (secondary N) is 1. The zero-order valence-corrected chi connectivity index (χ0v) is 9.89. The van der Waals surface area contributed by atoms with Gasteiger partial charge < -0.3 is 10.2 Å². The van der Waals surface area contributed by atoms with Crippen molar-refractivity contribution in [1.82, 2.24) is 10.2 Å². The van der Waals surface area contributed by atoms with Gasteiger partial charge in [-0.1, -0.05) is 0 Å². The van der Waals surface area contributed by atoms with E-state index in [-0.39, 0.29) is 5.25 Å². The standard InChI is InChI=1S/C9H22N2O2S/c1-10-5-8-11-6-3-9(4-7-11)14(2,12)13/h9-10,12-13H,3-8H2,1-2H3. The first kappa shape index (κ1) is 12.3. The van der Waals surface area contributed by atoms with Crippen LogP contribution >= 0.6 is 10.6 Å². The highest BCUT2D eigenvalue weighted by atomic mass is 32.3. The van der Waals surface area contributed by atoms with E-state index in [0.717, 1.165) is 39.0 Å². The molecule has 0 bridgehead atoms. The van der Waals surface area contributed by atoms with Crippen molar-refractivity contribution in [2.75, 3.05) is 39.5 Å². The molecule has 1 aliphatic rings. The number of rotatable bonds is 4. The lowest BCUT2D eigenvalue weighted by Gasteiger charge is -2.41. The largest absolute Gasteiger partial charge is 0.318 e. The Balaban J connectivity index is 2.24. The molecule has 5 heteroatoms. The van der Waals surface area contributed by atoms with Crippen molar-refractivity contribution in [3.8, 4) is 0 Å². The molecule has 1 aliphatic heterocycles. The minimum Gasteiger partial charge on any atom is -0.318 e. The van der Waals surface area contributed by atoms with Crippen LogP contribution in [0.15, 0.2) is 0 Å². The van der Waals surface area contributed by atoms with E-state index in [1.807, 2.05) is 7.05 Å². The topological polar surface area (TPSA) is 55.7 Å². The number of piperidine rings is 1. The van der Waals surface area contributed by atoms with Gasteiger partial charge in [0.15, 0.2) is 0 Å². The molecule has 0 aromatic heterocycles. The Hall–Kier alpha value is 0.190. The van der Waals surface area contributed by atoms with E-state index in [9.17, 15) is 9.11 Å². The van der Waals surface area contributed by atoms with Crippen LogP contribution in [-0.2, 0) is 0 Å². The highest BCUT2D eigenvalue weighted by molar-refractivity contribution is 8.24. The first-order valence-electron chi connectivity index (χ1n) is 5.13. The van der Waals surface area contributed by atoms with Crippen molar-refractivity contribution < 1.29 is 9.11 Å². The van der Waals surface area contributed by atoms with Gasteiger partial charge >= 0.3 is 0 Å². The summed E-state index contributed by atoms with van der Waals surface area (Å²) in [6.07, 6.45) is 3.41. The van der Waals surface area contributed by atoms with E-state index in [1.54, 1.807) is 6.26 Å². The number of nitrogens with zero attached hydrogens (tertiary/aromatic N) is 1. The predicted molar refractivity (Wildman–Crippen MR) is 62.2 cm³/mol. The molecule has 0 radical (unpaired) electrons. The highest BCUT2D eigenvalue weighted by Crippen LogP contribution is 2.44. The molecular weight excluding hydrogens is 200 g/mol. The van der Waals surface area contributed by atoms with E-state index in [4.69, 9.17) is 0 Å². The molecule has 0 atom stereocenters. The predicted octanol–water partition coefficient (Wildman–Crippen LogP) is 1.05. The zero-order chi connectivity index (χ0) is 10.6. The summed E-state index contributed by atoms with van der Waals surface area (Å²) in [6, 6.07) is 0. The lowest BCUT2D eigenvalue weighted by molar-refractivity contribution is 0.228. The zero-order valence-electron chi connectivity index (χ0n) is 9.07. The highest BCUT2D eigenvalue weighted by Gasteiger charge is 2.26. The molecule has 0 amide bonds. The molecule has 0 saturated carbocycles. The first-order valence-corrected chi connectivity index (χ1v) is 7.15. The summed E-state index contributed by atoms with van der Waals surface area (Å²) in [5, 5.41) is 3.24. The number of hydrogen-bond acceptors (Lipinski definition) is 4. The normalized spacial score (nSPS) is 22.6. The summed E-state index contributed by atoms with van der Waals surface area (Å²) in [5.74, 6) is 0. The van der Waals surface area contributed by atoms with Gasteiger partial charge in [-0.15, -0.1) is 0 Å². The monoisotopic (exact) mass is 222 g/mol. The summed E-state index contributed by atoms with van der Waals surface area (Å²) in [5.41, 5.74) is 0.